The minimum absolute atomic E-state index is 0.0749. The van der Waals surface area contributed by atoms with Crippen LogP contribution in [-0.2, 0) is 0 Å². The van der Waals surface area contributed by atoms with E-state index in [0.29, 0.717) is 17.3 Å². The SMILES string of the molecule is Cc1nc(C(C)C)c(C(=O)NC(C)c2ccccc2)o1. The number of nitrogens with one attached hydrogen (secondary N) is 1. The molecule has 4 nitrogen and oxygen atoms in total. The van der Waals surface area contributed by atoms with E-state index in [9.17, 15) is 4.79 Å². The van der Waals surface area contributed by atoms with Gasteiger partial charge < -0.3 is 9.73 Å². The Labute approximate surface area is 119 Å². The van der Waals surface area contributed by atoms with E-state index in [0.717, 1.165) is 5.56 Å². The molecular formula is C16H20N2O2. The zero-order valence-corrected chi connectivity index (χ0v) is 12.3. The Morgan fingerprint density at radius 3 is 2.45 bits per heavy atom. The van der Waals surface area contributed by atoms with E-state index in [1.807, 2.05) is 51.1 Å². The van der Waals surface area contributed by atoms with Crippen LogP contribution < -0.4 is 5.32 Å². The Hall–Kier alpha value is -2.10. The average Bonchev–Trinajstić information content (AvgIpc) is 2.82. The second-order valence-corrected chi connectivity index (χ2v) is 5.21. The van der Waals surface area contributed by atoms with Crippen LogP contribution in [-0.4, -0.2) is 10.9 Å². The Kier molecular flexibility index (Phi) is 4.23. The van der Waals surface area contributed by atoms with Crippen LogP contribution in [0.4, 0.5) is 0 Å². The monoisotopic (exact) mass is 272 g/mol. The molecule has 1 atom stereocenters. The van der Waals surface area contributed by atoms with Crippen LogP contribution in [0.1, 0.15) is 60.4 Å². The molecule has 0 bridgehead atoms. The van der Waals surface area contributed by atoms with E-state index in [1.165, 1.54) is 0 Å². The standard InChI is InChI=1S/C16H20N2O2/c1-10(2)14-15(20-12(4)18-14)16(19)17-11(3)13-8-6-5-7-9-13/h5-11H,1-4H3,(H,17,19). The summed E-state index contributed by atoms with van der Waals surface area (Å²) < 4.78 is 5.45. The molecule has 0 fully saturated rings. The molecule has 1 N–H and O–H groups in total. The summed E-state index contributed by atoms with van der Waals surface area (Å²) in [6.07, 6.45) is 0. The number of amides is 1. The summed E-state index contributed by atoms with van der Waals surface area (Å²) in [6, 6.07) is 9.76. The highest BCUT2D eigenvalue weighted by Crippen LogP contribution is 2.21. The first-order valence-corrected chi connectivity index (χ1v) is 6.82. The van der Waals surface area contributed by atoms with Crippen LogP contribution in [0.25, 0.3) is 0 Å². The second-order valence-electron chi connectivity index (χ2n) is 5.21. The minimum Gasteiger partial charge on any atom is -0.436 e. The van der Waals surface area contributed by atoms with Crippen molar-refractivity contribution in [3.8, 4) is 0 Å². The Morgan fingerprint density at radius 1 is 1.20 bits per heavy atom. The lowest BCUT2D eigenvalue weighted by molar-refractivity contribution is 0.0908. The summed E-state index contributed by atoms with van der Waals surface area (Å²) >= 11 is 0. The van der Waals surface area contributed by atoms with Crippen molar-refractivity contribution in [3.05, 3.63) is 53.2 Å². The first kappa shape index (κ1) is 14.3. The fourth-order valence-corrected chi connectivity index (χ4v) is 2.08. The van der Waals surface area contributed by atoms with Crippen molar-refractivity contribution < 1.29 is 9.21 Å². The lowest BCUT2D eigenvalue weighted by Crippen LogP contribution is -2.27. The van der Waals surface area contributed by atoms with Crippen molar-refractivity contribution in [1.82, 2.24) is 10.3 Å². The maximum Gasteiger partial charge on any atom is 0.289 e. The van der Waals surface area contributed by atoms with Crippen molar-refractivity contribution >= 4 is 5.91 Å². The fraction of sp³-hybridized carbons (Fsp3) is 0.375. The van der Waals surface area contributed by atoms with Gasteiger partial charge in [-0.05, 0) is 18.4 Å². The molecule has 0 radical (unpaired) electrons. The summed E-state index contributed by atoms with van der Waals surface area (Å²) in [5.74, 6) is 0.775. The van der Waals surface area contributed by atoms with Gasteiger partial charge in [-0.25, -0.2) is 4.98 Å². The number of rotatable bonds is 4. The molecule has 106 valence electrons. The molecule has 0 aliphatic rings. The third-order valence-corrected chi connectivity index (χ3v) is 3.16. The highest BCUT2D eigenvalue weighted by atomic mass is 16.4. The van der Waals surface area contributed by atoms with Crippen LogP contribution in [0.2, 0.25) is 0 Å². The summed E-state index contributed by atoms with van der Waals surface area (Å²) in [5.41, 5.74) is 1.77. The third-order valence-electron chi connectivity index (χ3n) is 3.16. The molecule has 4 heteroatoms. The number of carbonyl (C=O) groups excluding carboxylic acids is 1. The highest BCUT2D eigenvalue weighted by Gasteiger charge is 2.22. The van der Waals surface area contributed by atoms with Gasteiger partial charge in [0, 0.05) is 6.92 Å². The topological polar surface area (TPSA) is 55.1 Å². The van der Waals surface area contributed by atoms with Gasteiger partial charge in [-0.15, -0.1) is 0 Å². The van der Waals surface area contributed by atoms with Crippen molar-refractivity contribution in [2.75, 3.05) is 0 Å². The number of carbonyl (C=O) groups is 1. The smallest absolute Gasteiger partial charge is 0.289 e. The Bertz CT molecular complexity index is 588. The van der Waals surface area contributed by atoms with E-state index in [2.05, 4.69) is 10.3 Å². The van der Waals surface area contributed by atoms with Crippen molar-refractivity contribution in [2.24, 2.45) is 0 Å². The molecule has 1 heterocycles. The molecule has 1 aromatic carbocycles. The number of hydrogen-bond donors (Lipinski definition) is 1. The number of hydrogen-bond acceptors (Lipinski definition) is 3. The number of oxazole rings is 1. The molecule has 0 aliphatic heterocycles. The zero-order chi connectivity index (χ0) is 14.7. The quantitative estimate of drug-likeness (QED) is 0.925. The third kappa shape index (κ3) is 3.07. The molecule has 1 amide bonds. The van der Waals surface area contributed by atoms with Crippen LogP contribution in [0, 0.1) is 6.92 Å². The first-order valence-electron chi connectivity index (χ1n) is 6.82. The van der Waals surface area contributed by atoms with Crippen LogP contribution in [0.15, 0.2) is 34.7 Å². The number of aromatic nitrogens is 1. The molecule has 0 saturated carbocycles. The van der Waals surface area contributed by atoms with Gasteiger partial charge in [-0.3, -0.25) is 4.79 Å². The van der Waals surface area contributed by atoms with Crippen LogP contribution in [0.3, 0.4) is 0 Å². The lowest BCUT2D eigenvalue weighted by Gasteiger charge is -2.13. The van der Waals surface area contributed by atoms with Gasteiger partial charge in [-0.1, -0.05) is 44.2 Å². The van der Waals surface area contributed by atoms with Crippen LogP contribution in [0.5, 0.6) is 0 Å². The van der Waals surface area contributed by atoms with Gasteiger partial charge in [0.2, 0.25) is 5.76 Å². The largest absolute Gasteiger partial charge is 0.436 e. The van der Waals surface area contributed by atoms with Gasteiger partial charge in [-0.2, -0.15) is 0 Å². The normalized spacial score (nSPS) is 12.4. The summed E-state index contributed by atoms with van der Waals surface area (Å²) in [4.78, 5) is 16.6. The van der Waals surface area contributed by atoms with Gasteiger partial charge in [0.15, 0.2) is 5.89 Å². The van der Waals surface area contributed by atoms with E-state index in [-0.39, 0.29) is 17.9 Å². The van der Waals surface area contributed by atoms with E-state index >= 15 is 0 Å². The average molecular weight is 272 g/mol. The Morgan fingerprint density at radius 2 is 1.85 bits per heavy atom. The Balaban J connectivity index is 2.16. The van der Waals surface area contributed by atoms with Crippen molar-refractivity contribution in [2.45, 2.75) is 39.7 Å². The number of benzene rings is 1. The summed E-state index contributed by atoms with van der Waals surface area (Å²) in [5, 5.41) is 2.95. The molecule has 1 unspecified atom stereocenters. The molecular weight excluding hydrogens is 252 g/mol. The van der Waals surface area contributed by atoms with Crippen molar-refractivity contribution in [1.29, 1.82) is 0 Å². The molecule has 1 aromatic heterocycles. The molecule has 2 rings (SSSR count). The molecule has 2 aromatic rings. The molecule has 0 spiro atoms. The van der Waals surface area contributed by atoms with Gasteiger partial charge in [0.05, 0.1) is 11.7 Å². The minimum atomic E-state index is -0.217. The van der Waals surface area contributed by atoms with Gasteiger partial charge in [0.25, 0.3) is 5.91 Å². The highest BCUT2D eigenvalue weighted by molar-refractivity contribution is 5.92. The molecule has 0 aliphatic carbocycles. The number of nitrogens with zero attached hydrogens (tertiary/aromatic N) is 1. The van der Waals surface area contributed by atoms with E-state index < -0.39 is 0 Å². The van der Waals surface area contributed by atoms with Gasteiger partial charge in [0.1, 0.15) is 0 Å². The van der Waals surface area contributed by atoms with E-state index in [1.54, 1.807) is 6.92 Å². The zero-order valence-electron chi connectivity index (χ0n) is 12.3. The number of aryl methyl sites for hydroxylation is 1. The maximum atomic E-state index is 12.3. The van der Waals surface area contributed by atoms with Crippen LogP contribution >= 0.6 is 0 Å². The van der Waals surface area contributed by atoms with Gasteiger partial charge >= 0.3 is 0 Å². The summed E-state index contributed by atoms with van der Waals surface area (Å²) in [7, 11) is 0. The summed E-state index contributed by atoms with van der Waals surface area (Å²) in [6.45, 7) is 7.69. The fourth-order valence-electron chi connectivity index (χ4n) is 2.08. The first-order chi connectivity index (χ1) is 9.49. The van der Waals surface area contributed by atoms with Crippen molar-refractivity contribution in [3.63, 3.8) is 0 Å². The predicted molar refractivity (Wildman–Crippen MR) is 77.7 cm³/mol. The van der Waals surface area contributed by atoms with E-state index in [4.69, 9.17) is 4.42 Å². The maximum absolute atomic E-state index is 12.3. The predicted octanol–water partition coefficient (Wildman–Crippen LogP) is 3.60. The molecule has 0 saturated heterocycles. The molecule has 20 heavy (non-hydrogen) atoms. The second kappa shape index (κ2) is 5.90. The lowest BCUT2D eigenvalue weighted by atomic mass is 10.1.